The zero-order valence-electron chi connectivity index (χ0n) is 7.95. The van der Waals surface area contributed by atoms with Crippen LogP contribution in [0.15, 0.2) is 22.8 Å². The summed E-state index contributed by atoms with van der Waals surface area (Å²) in [4.78, 5) is 15.6. The van der Waals surface area contributed by atoms with Gasteiger partial charge in [-0.2, -0.15) is 0 Å². The van der Waals surface area contributed by atoms with Gasteiger partial charge in [0.2, 0.25) is 0 Å². The summed E-state index contributed by atoms with van der Waals surface area (Å²) >= 11 is 3.26. The van der Waals surface area contributed by atoms with Gasteiger partial charge in [-0.15, -0.1) is 12.4 Å². The number of rotatable bonds is 3. The summed E-state index contributed by atoms with van der Waals surface area (Å²) in [5.74, 6) is 0.00926. The number of likely N-dealkylation sites (N-methyl/N-ethyl adjacent to an activating group) is 1. The van der Waals surface area contributed by atoms with Crippen molar-refractivity contribution >= 4 is 34.1 Å². The first-order valence-electron chi connectivity index (χ1n) is 3.98. The Hall–Kier alpha value is -0.450. The van der Waals surface area contributed by atoms with Gasteiger partial charge in [0.05, 0.1) is 6.04 Å². The van der Waals surface area contributed by atoms with E-state index in [1.165, 1.54) is 0 Å². The lowest BCUT2D eigenvalue weighted by atomic mass is 10.1. The number of nitrogens with one attached hydrogen (secondary N) is 1. The van der Waals surface area contributed by atoms with Crippen LogP contribution in [0, 0.1) is 0 Å². The van der Waals surface area contributed by atoms with Crippen LogP contribution < -0.4 is 5.32 Å². The number of hydrogen-bond acceptors (Lipinski definition) is 3. The molecule has 0 aliphatic carbocycles. The lowest BCUT2D eigenvalue weighted by Crippen LogP contribution is -2.31. The number of Topliss-reactive ketones (excluding diaryl/α,β-unsaturated/α-hetero) is 1. The molecule has 3 nitrogen and oxygen atoms in total. The van der Waals surface area contributed by atoms with Crippen molar-refractivity contribution in [3.8, 4) is 0 Å². The van der Waals surface area contributed by atoms with Crippen LogP contribution in [-0.2, 0) is 0 Å². The van der Waals surface area contributed by atoms with Crippen molar-refractivity contribution in [1.82, 2.24) is 10.3 Å². The van der Waals surface area contributed by atoms with E-state index in [-0.39, 0.29) is 24.2 Å². The van der Waals surface area contributed by atoms with E-state index in [9.17, 15) is 4.79 Å². The molecule has 1 N–H and O–H groups in total. The van der Waals surface area contributed by atoms with Gasteiger partial charge in [0.15, 0.2) is 5.78 Å². The van der Waals surface area contributed by atoms with Gasteiger partial charge >= 0.3 is 0 Å². The molecule has 78 valence electrons. The molecule has 1 rings (SSSR count). The van der Waals surface area contributed by atoms with E-state index in [1.807, 2.05) is 13.0 Å². The summed E-state index contributed by atoms with van der Waals surface area (Å²) in [5.41, 5.74) is 0.491. The molecule has 5 heteroatoms. The number of carbonyl (C=O) groups excluding carboxylic acids is 1. The molecule has 0 bridgehead atoms. The molecule has 0 aromatic carbocycles. The van der Waals surface area contributed by atoms with E-state index >= 15 is 0 Å². The van der Waals surface area contributed by atoms with Crippen LogP contribution in [0.1, 0.15) is 17.4 Å². The standard InChI is InChI=1S/C9H11BrN2O.ClH/c1-6(11-2)9(13)8-4-3-7(10)5-12-8;/h3-6,11H,1-2H3;1H. The van der Waals surface area contributed by atoms with E-state index in [4.69, 9.17) is 0 Å². The Kier molecular flexibility index (Phi) is 5.92. The van der Waals surface area contributed by atoms with Crippen molar-refractivity contribution in [2.75, 3.05) is 7.05 Å². The maximum atomic E-state index is 11.5. The predicted octanol–water partition coefficient (Wildman–Crippen LogP) is 2.06. The Labute approximate surface area is 97.8 Å². The summed E-state index contributed by atoms with van der Waals surface area (Å²) in [6.45, 7) is 1.81. The van der Waals surface area contributed by atoms with Gasteiger partial charge in [-0.05, 0) is 42.0 Å². The van der Waals surface area contributed by atoms with Gasteiger partial charge in [0.25, 0.3) is 0 Å². The summed E-state index contributed by atoms with van der Waals surface area (Å²) in [5, 5.41) is 2.88. The summed E-state index contributed by atoms with van der Waals surface area (Å²) in [6.07, 6.45) is 1.62. The van der Waals surface area contributed by atoms with Gasteiger partial charge in [0.1, 0.15) is 5.69 Å². The summed E-state index contributed by atoms with van der Waals surface area (Å²) < 4.78 is 0.876. The van der Waals surface area contributed by atoms with Crippen LogP contribution in [0.5, 0.6) is 0 Å². The largest absolute Gasteiger partial charge is 0.310 e. The molecule has 0 saturated heterocycles. The fourth-order valence-electron chi connectivity index (χ4n) is 0.874. The quantitative estimate of drug-likeness (QED) is 0.861. The predicted molar refractivity (Wildman–Crippen MR) is 62.0 cm³/mol. The summed E-state index contributed by atoms with van der Waals surface area (Å²) in [6, 6.07) is 3.33. The minimum atomic E-state index is -0.186. The zero-order chi connectivity index (χ0) is 9.84. The van der Waals surface area contributed by atoms with Crippen molar-refractivity contribution in [1.29, 1.82) is 0 Å². The van der Waals surface area contributed by atoms with Gasteiger partial charge in [-0.1, -0.05) is 0 Å². The number of hydrogen-bond donors (Lipinski definition) is 1. The third kappa shape index (κ3) is 3.36. The molecule has 0 spiro atoms. The number of pyridine rings is 1. The van der Waals surface area contributed by atoms with Crippen LogP contribution in [-0.4, -0.2) is 23.9 Å². The fraction of sp³-hybridized carbons (Fsp3) is 0.333. The number of halogens is 2. The second-order valence-electron chi connectivity index (χ2n) is 2.74. The number of ketones is 1. The van der Waals surface area contributed by atoms with E-state index in [2.05, 4.69) is 26.2 Å². The second kappa shape index (κ2) is 6.11. The van der Waals surface area contributed by atoms with Gasteiger partial charge in [-0.25, -0.2) is 0 Å². The molecule has 1 atom stereocenters. The molecular formula is C9H12BrClN2O. The van der Waals surface area contributed by atoms with Crippen LogP contribution in [0.2, 0.25) is 0 Å². The van der Waals surface area contributed by atoms with Gasteiger partial charge in [0, 0.05) is 10.7 Å². The average molecular weight is 280 g/mol. The van der Waals surface area contributed by atoms with E-state index in [0.29, 0.717) is 5.69 Å². The SMILES string of the molecule is CNC(C)C(=O)c1ccc(Br)cn1.Cl. The fourth-order valence-corrected chi connectivity index (χ4v) is 1.11. The van der Waals surface area contributed by atoms with Gasteiger partial charge < -0.3 is 5.32 Å². The highest BCUT2D eigenvalue weighted by Crippen LogP contribution is 2.08. The van der Waals surface area contributed by atoms with E-state index in [0.717, 1.165) is 4.47 Å². The Morgan fingerprint density at radius 2 is 2.21 bits per heavy atom. The normalized spacial score (nSPS) is 11.6. The Bertz CT molecular complexity index is 302. The minimum Gasteiger partial charge on any atom is -0.310 e. The smallest absolute Gasteiger partial charge is 0.197 e. The van der Waals surface area contributed by atoms with Crippen LogP contribution in [0.4, 0.5) is 0 Å². The van der Waals surface area contributed by atoms with Crippen molar-refractivity contribution in [2.24, 2.45) is 0 Å². The molecular weight excluding hydrogens is 267 g/mol. The zero-order valence-corrected chi connectivity index (χ0v) is 10.4. The molecule has 0 amide bonds. The maximum absolute atomic E-state index is 11.5. The van der Waals surface area contributed by atoms with E-state index in [1.54, 1.807) is 19.3 Å². The van der Waals surface area contributed by atoms with Crippen molar-refractivity contribution in [3.05, 3.63) is 28.5 Å². The molecule has 0 aliphatic heterocycles. The maximum Gasteiger partial charge on any atom is 0.197 e. The minimum absolute atomic E-state index is 0. The highest BCUT2D eigenvalue weighted by molar-refractivity contribution is 9.10. The first kappa shape index (κ1) is 13.5. The van der Waals surface area contributed by atoms with Crippen LogP contribution >= 0.6 is 28.3 Å². The highest BCUT2D eigenvalue weighted by Gasteiger charge is 2.13. The lowest BCUT2D eigenvalue weighted by molar-refractivity contribution is 0.0950. The average Bonchev–Trinajstić information content (AvgIpc) is 2.17. The summed E-state index contributed by atoms with van der Waals surface area (Å²) in [7, 11) is 1.75. The Morgan fingerprint density at radius 3 is 2.64 bits per heavy atom. The lowest BCUT2D eigenvalue weighted by Gasteiger charge is -2.07. The highest BCUT2D eigenvalue weighted by atomic mass is 79.9. The number of carbonyl (C=O) groups is 1. The van der Waals surface area contributed by atoms with Crippen molar-refractivity contribution in [3.63, 3.8) is 0 Å². The molecule has 1 unspecified atom stereocenters. The monoisotopic (exact) mass is 278 g/mol. The molecule has 0 saturated carbocycles. The van der Waals surface area contributed by atoms with Gasteiger partial charge in [-0.3, -0.25) is 9.78 Å². The molecule has 1 aromatic heterocycles. The number of nitrogens with zero attached hydrogens (tertiary/aromatic N) is 1. The molecule has 0 fully saturated rings. The third-order valence-electron chi connectivity index (χ3n) is 1.81. The third-order valence-corrected chi connectivity index (χ3v) is 2.28. The van der Waals surface area contributed by atoms with Crippen LogP contribution in [0.3, 0.4) is 0 Å². The molecule has 0 radical (unpaired) electrons. The molecule has 1 heterocycles. The Morgan fingerprint density at radius 1 is 1.57 bits per heavy atom. The second-order valence-corrected chi connectivity index (χ2v) is 3.65. The van der Waals surface area contributed by atoms with Crippen LogP contribution in [0.25, 0.3) is 0 Å². The molecule has 0 aliphatic rings. The first-order valence-corrected chi connectivity index (χ1v) is 4.77. The van der Waals surface area contributed by atoms with E-state index < -0.39 is 0 Å². The Balaban J connectivity index is 0.00000169. The molecule has 14 heavy (non-hydrogen) atoms. The molecule has 1 aromatic rings. The first-order chi connectivity index (χ1) is 6.15. The van der Waals surface area contributed by atoms with Crippen molar-refractivity contribution < 1.29 is 4.79 Å². The van der Waals surface area contributed by atoms with Crippen molar-refractivity contribution in [2.45, 2.75) is 13.0 Å². The number of aromatic nitrogens is 1. The topological polar surface area (TPSA) is 42.0 Å².